The molecule has 2 saturated carbocycles. The second-order valence-electron chi connectivity index (χ2n) is 10.0. The van der Waals surface area contributed by atoms with E-state index in [1.165, 1.54) is 44.9 Å². The van der Waals surface area contributed by atoms with Gasteiger partial charge in [-0.25, -0.2) is 0 Å². The summed E-state index contributed by atoms with van der Waals surface area (Å²) < 4.78 is 0. The third kappa shape index (κ3) is 3.35. The highest BCUT2D eigenvalue weighted by Crippen LogP contribution is 2.62. The summed E-state index contributed by atoms with van der Waals surface area (Å²) in [4.78, 5) is 0. The van der Waals surface area contributed by atoms with Crippen molar-refractivity contribution in [3.05, 3.63) is 12.7 Å². The number of allylic oxidation sites excluding steroid dienone is 1. The highest BCUT2D eigenvalue weighted by atomic mass is 15.2. The van der Waals surface area contributed by atoms with Crippen LogP contribution in [0.5, 0.6) is 0 Å². The molecule has 0 amide bonds. The van der Waals surface area contributed by atoms with E-state index in [-0.39, 0.29) is 0 Å². The highest BCUT2D eigenvalue weighted by Gasteiger charge is 2.59. The van der Waals surface area contributed by atoms with Crippen molar-refractivity contribution < 1.29 is 0 Å². The number of fused-ring (bicyclic) bond motifs is 1. The van der Waals surface area contributed by atoms with Gasteiger partial charge in [-0.3, -0.25) is 0 Å². The molecule has 2 aliphatic carbocycles. The van der Waals surface area contributed by atoms with Gasteiger partial charge in [-0.1, -0.05) is 40.2 Å². The Labute approximate surface area is 151 Å². The van der Waals surface area contributed by atoms with Crippen molar-refractivity contribution >= 4 is 0 Å². The van der Waals surface area contributed by atoms with Crippen LogP contribution < -0.4 is 5.32 Å². The van der Waals surface area contributed by atoms with E-state index in [4.69, 9.17) is 0 Å². The van der Waals surface area contributed by atoms with Gasteiger partial charge in [-0.05, 0) is 86.4 Å². The summed E-state index contributed by atoms with van der Waals surface area (Å²) in [6.07, 6.45) is 11.9. The molecule has 1 heterocycles. The van der Waals surface area contributed by atoms with Crippen molar-refractivity contribution in [2.75, 3.05) is 0 Å². The average Bonchev–Trinajstić information content (AvgIpc) is 2.97. The van der Waals surface area contributed by atoms with Crippen LogP contribution in [0.3, 0.4) is 0 Å². The van der Waals surface area contributed by atoms with Gasteiger partial charge in [0.25, 0.3) is 0 Å². The maximum absolute atomic E-state index is 3.92. The molecule has 3 rings (SSSR count). The predicted molar refractivity (Wildman–Crippen MR) is 105 cm³/mol. The van der Waals surface area contributed by atoms with Gasteiger partial charge in [0, 0.05) is 12.1 Å². The zero-order valence-electron chi connectivity index (χ0n) is 16.9. The molecule has 24 heavy (non-hydrogen) atoms. The first-order valence-corrected chi connectivity index (χ1v) is 10.8. The fraction of sp³-hybridized carbons (Fsp3) is 0.913. The Morgan fingerprint density at radius 2 is 1.96 bits per heavy atom. The van der Waals surface area contributed by atoms with Gasteiger partial charge in [0.1, 0.15) is 0 Å². The summed E-state index contributed by atoms with van der Waals surface area (Å²) in [6.45, 7) is 16.4. The Kier molecular flexibility index (Phi) is 5.50. The van der Waals surface area contributed by atoms with Crippen LogP contribution >= 0.6 is 0 Å². The van der Waals surface area contributed by atoms with Gasteiger partial charge in [-0.15, -0.1) is 6.58 Å². The molecule has 1 N–H and O–H groups in total. The summed E-state index contributed by atoms with van der Waals surface area (Å²) in [5, 5.41) is 3.80. The monoisotopic (exact) mass is 331 g/mol. The second-order valence-corrected chi connectivity index (χ2v) is 10.0. The SMILES string of the molecule is C=CCCCC(C)(C)C1CC2C(C(C)CC)CCC2C1C1NC1C. The summed E-state index contributed by atoms with van der Waals surface area (Å²) in [5.74, 6) is 5.82. The van der Waals surface area contributed by atoms with E-state index in [0.29, 0.717) is 5.41 Å². The van der Waals surface area contributed by atoms with Gasteiger partial charge in [0.2, 0.25) is 0 Å². The van der Waals surface area contributed by atoms with Crippen molar-refractivity contribution in [3.8, 4) is 0 Å². The van der Waals surface area contributed by atoms with Crippen molar-refractivity contribution in [2.45, 2.75) is 91.6 Å². The lowest BCUT2D eigenvalue weighted by Crippen LogP contribution is -2.33. The first kappa shape index (κ1) is 18.5. The van der Waals surface area contributed by atoms with Crippen LogP contribution in [0.15, 0.2) is 12.7 Å². The molecule has 1 aliphatic heterocycles. The predicted octanol–water partition coefficient (Wildman–Crippen LogP) is 6.05. The van der Waals surface area contributed by atoms with E-state index in [2.05, 4.69) is 52.6 Å². The van der Waals surface area contributed by atoms with Crippen LogP contribution in [0.2, 0.25) is 0 Å². The Morgan fingerprint density at radius 1 is 1.25 bits per heavy atom. The second kappa shape index (κ2) is 7.14. The van der Waals surface area contributed by atoms with Crippen LogP contribution in [-0.4, -0.2) is 12.1 Å². The van der Waals surface area contributed by atoms with Gasteiger partial charge >= 0.3 is 0 Å². The number of unbranched alkanes of at least 4 members (excludes halogenated alkanes) is 1. The molecule has 0 aromatic carbocycles. The third-order valence-corrected chi connectivity index (χ3v) is 8.33. The van der Waals surface area contributed by atoms with E-state index >= 15 is 0 Å². The topological polar surface area (TPSA) is 21.9 Å². The molecule has 1 heteroatoms. The normalized spacial score (nSPS) is 42.8. The fourth-order valence-electron chi connectivity index (χ4n) is 6.65. The molecule has 8 unspecified atom stereocenters. The van der Waals surface area contributed by atoms with Gasteiger partial charge < -0.3 is 5.32 Å². The number of nitrogens with one attached hydrogen (secondary N) is 1. The molecule has 0 aromatic rings. The van der Waals surface area contributed by atoms with E-state index < -0.39 is 0 Å². The van der Waals surface area contributed by atoms with E-state index in [1.807, 2.05) is 0 Å². The molecular weight excluding hydrogens is 290 g/mol. The van der Waals surface area contributed by atoms with E-state index in [9.17, 15) is 0 Å². The molecule has 0 aromatic heterocycles. The molecule has 138 valence electrons. The van der Waals surface area contributed by atoms with Crippen molar-refractivity contribution in [2.24, 2.45) is 40.9 Å². The maximum Gasteiger partial charge on any atom is 0.0255 e. The Bertz CT molecular complexity index is 439. The first-order valence-electron chi connectivity index (χ1n) is 10.8. The summed E-state index contributed by atoms with van der Waals surface area (Å²) >= 11 is 0. The average molecular weight is 332 g/mol. The zero-order chi connectivity index (χ0) is 17.5. The zero-order valence-corrected chi connectivity index (χ0v) is 16.9. The molecule has 8 atom stereocenters. The first-order chi connectivity index (χ1) is 11.4. The van der Waals surface area contributed by atoms with Crippen LogP contribution in [-0.2, 0) is 0 Å². The van der Waals surface area contributed by atoms with Crippen molar-refractivity contribution in [1.82, 2.24) is 5.32 Å². The summed E-state index contributed by atoms with van der Waals surface area (Å²) in [6, 6.07) is 1.59. The van der Waals surface area contributed by atoms with Crippen molar-refractivity contribution in [1.29, 1.82) is 0 Å². The number of hydrogen-bond acceptors (Lipinski definition) is 1. The minimum atomic E-state index is 0.488. The molecule has 1 nitrogen and oxygen atoms in total. The van der Waals surface area contributed by atoms with Crippen molar-refractivity contribution in [3.63, 3.8) is 0 Å². The van der Waals surface area contributed by atoms with Crippen LogP contribution in [0.1, 0.15) is 79.6 Å². The molecule has 0 spiro atoms. The van der Waals surface area contributed by atoms with Crippen LogP contribution in [0, 0.1) is 40.9 Å². The van der Waals surface area contributed by atoms with E-state index in [1.54, 1.807) is 0 Å². The molecule has 3 aliphatic rings. The largest absolute Gasteiger partial charge is 0.308 e. The Hall–Kier alpha value is -0.300. The lowest BCUT2D eigenvalue weighted by molar-refractivity contribution is 0.124. The maximum atomic E-state index is 3.92. The molecule has 3 fully saturated rings. The Balaban J connectivity index is 1.77. The summed E-state index contributed by atoms with van der Waals surface area (Å²) in [7, 11) is 0. The molecule has 0 radical (unpaired) electrons. The van der Waals surface area contributed by atoms with Crippen LogP contribution in [0.4, 0.5) is 0 Å². The number of hydrogen-bond donors (Lipinski definition) is 1. The van der Waals surface area contributed by atoms with Gasteiger partial charge in [0.05, 0.1) is 0 Å². The highest BCUT2D eigenvalue weighted by molar-refractivity contribution is 5.12. The lowest BCUT2D eigenvalue weighted by atomic mass is 9.67. The summed E-state index contributed by atoms with van der Waals surface area (Å²) in [5.41, 5.74) is 0.488. The van der Waals surface area contributed by atoms with E-state index in [0.717, 1.165) is 47.6 Å². The molecule has 1 saturated heterocycles. The third-order valence-electron chi connectivity index (χ3n) is 8.33. The Morgan fingerprint density at radius 3 is 2.54 bits per heavy atom. The van der Waals surface area contributed by atoms with Crippen LogP contribution in [0.25, 0.3) is 0 Å². The minimum absolute atomic E-state index is 0.488. The molecule has 0 bridgehead atoms. The lowest BCUT2D eigenvalue weighted by Gasteiger charge is -2.38. The number of rotatable bonds is 8. The van der Waals surface area contributed by atoms with Gasteiger partial charge in [-0.2, -0.15) is 0 Å². The smallest absolute Gasteiger partial charge is 0.0255 e. The van der Waals surface area contributed by atoms with Gasteiger partial charge in [0.15, 0.2) is 0 Å². The molecular formula is C23H41N. The quantitative estimate of drug-likeness (QED) is 0.326. The minimum Gasteiger partial charge on any atom is -0.308 e. The fourth-order valence-corrected chi connectivity index (χ4v) is 6.65. The standard InChI is InChI=1S/C23H41N/c1-7-9-10-13-23(5,6)20-14-19-17(15(3)8-2)11-12-18(19)21(20)22-16(4)24-22/h7,15-22,24H,1,8-14H2,2-6H3.